The van der Waals surface area contributed by atoms with E-state index in [4.69, 9.17) is 22.7 Å². The second-order valence-corrected chi connectivity index (χ2v) is 3.92. The second-order valence-electron chi connectivity index (χ2n) is 3.40. The molecule has 76 valence electrons. The topological polar surface area (TPSA) is 38.5 Å². The molecule has 1 fully saturated rings. The molecule has 0 radical (unpaired) electrons. The van der Waals surface area contributed by atoms with Gasteiger partial charge in [-0.05, 0) is 19.8 Å². The van der Waals surface area contributed by atoms with E-state index in [0.29, 0.717) is 11.1 Å². The van der Waals surface area contributed by atoms with Crippen LogP contribution >= 0.6 is 12.2 Å². The quantitative estimate of drug-likeness (QED) is 0.684. The van der Waals surface area contributed by atoms with E-state index < -0.39 is 0 Å². The standard InChI is InChI=1S/C9H18N2OS/c1-2-12-8-3-5-11(6-4-8)7-9(10)13/h8H,2-7H2,1H3,(H2,10,13). The Balaban J connectivity index is 2.18. The average Bonchev–Trinajstić information content (AvgIpc) is 2.08. The molecule has 0 aromatic heterocycles. The molecule has 1 heterocycles. The summed E-state index contributed by atoms with van der Waals surface area (Å²) in [5, 5.41) is 0. The SMILES string of the molecule is CCOC1CCN(CC(N)=S)CC1. The first kappa shape index (κ1) is 10.9. The van der Waals surface area contributed by atoms with Crippen molar-refractivity contribution in [1.82, 2.24) is 4.90 Å². The molecule has 1 saturated heterocycles. The normalized spacial score (nSPS) is 20.4. The van der Waals surface area contributed by atoms with Crippen LogP contribution in [0.15, 0.2) is 0 Å². The molecule has 0 amide bonds. The maximum absolute atomic E-state index is 5.55. The molecule has 0 aromatic carbocycles. The van der Waals surface area contributed by atoms with E-state index in [1.54, 1.807) is 0 Å². The second kappa shape index (κ2) is 5.52. The Morgan fingerprint density at radius 1 is 1.54 bits per heavy atom. The average molecular weight is 202 g/mol. The first-order valence-corrected chi connectivity index (χ1v) is 5.25. The highest BCUT2D eigenvalue weighted by Gasteiger charge is 2.18. The van der Waals surface area contributed by atoms with E-state index in [1.807, 2.05) is 6.92 Å². The lowest BCUT2D eigenvalue weighted by molar-refractivity contribution is 0.0176. The molecular formula is C9H18N2OS. The molecule has 1 aliphatic rings. The Morgan fingerprint density at radius 2 is 2.15 bits per heavy atom. The van der Waals surface area contributed by atoms with E-state index in [-0.39, 0.29) is 0 Å². The third-order valence-electron chi connectivity index (χ3n) is 2.32. The highest BCUT2D eigenvalue weighted by atomic mass is 32.1. The highest BCUT2D eigenvalue weighted by Crippen LogP contribution is 2.12. The number of thiocarbonyl (C=S) groups is 1. The maximum Gasteiger partial charge on any atom is 0.0870 e. The van der Waals surface area contributed by atoms with Gasteiger partial charge in [-0.15, -0.1) is 0 Å². The van der Waals surface area contributed by atoms with Crippen LogP contribution in [0.5, 0.6) is 0 Å². The fraction of sp³-hybridized carbons (Fsp3) is 0.889. The number of nitrogens with zero attached hydrogens (tertiary/aromatic N) is 1. The van der Waals surface area contributed by atoms with E-state index in [9.17, 15) is 0 Å². The zero-order valence-corrected chi connectivity index (χ0v) is 8.98. The number of nitrogens with two attached hydrogens (primary N) is 1. The molecule has 2 N–H and O–H groups in total. The van der Waals surface area contributed by atoms with Crippen molar-refractivity contribution >= 4 is 17.2 Å². The van der Waals surface area contributed by atoms with Crippen molar-refractivity contribution in [2.75, 3.05) is 26.2 Å². The van der Waals surface area contributed by atoms with Gasteiger partial charge in [-0.2, -0.15) is 0 Å². The van der Waals surface area contributed by atoms with Gasteiger partial charge in [0, 0.05) is 26.2 Å². The van der Waals surface area contributed by atoms with Gasteiger partial charge in [0.15, 0.2) is 0 Å². The van der Waals surface area contributed by atoms with Crippen molar-refractivity contribution in [3.8, 4) is 0 Å². The summed E-state index contributed by atoms with van der Waals surface area (Å²) < 4.78 is 5.55. The summed E-state index contributed by atoms with van der Waals surface area (Å²) in [6.07, 6.45) is 2.67. The molecule has 0 spiro atoms. The van der Waals surface area contributed by atoms with Gasteiger partial charge in [0.25, 0.3) is 0 Å². The summed E-state index contributed by atoms with van der Waals surface area (Å²) in [6.45, 7) is 5.74. The Morgan fingerprint density at radius 3 is 2.62 bits per heavy atom. The highest BCUT2D eigenvalue weighted by molar-refractivity contribution is 7.80. The Hall–Kier alpha value is -0.190. The molecule has 0 aliphatic carbocycles. The number of likely N-dealkylation sites (tertiary alicyclic amines) is 1. The molecule has 0 saturated carbocycles. The number of rotatable bonds is 4. The van der Waals surface area contributed by atoms with Crippen LogP contribution < -0.4 is 5.73 Å². The van der Waals surface area contributed by atoms with E-state index in [1.165, 1.54) is 0 Å². The van der Waals surface area contributed by atoms with Gasteiger partial charge in [-0.3, -0.25) is 4.90 Å². The molecule has 0 aromatic rings. The lowest BCUT2D eigenvalue weighted by atomic mass is 10.1. The summed E-state index contributed by atoms with van der Waals surface area (Å²) >= 11 is 4.86. The van der Waals surface area contributed by atoms with Gasteiger partial charge in [0.05, 0.1) is 11.1 Å². The predicted molar refractivity (Wildman–Crippen MR) is 57.9 cm³/mol. The summed E-state index contributed by atoms with van der Waals surface area (Å²) in [5.74, 6) is 0. The van der Waals surface area contributed by atoms with Crippen LogP contribution in [0, 0.1) is 0 Å². The zero-order valence-electron chi connectivity index (χ0n) is 8.16. The minimum absolute atomic E-state index is 0.451. The molecule has 0 unspecified atom stereocenters. The number of hydrogen-bond acceptors (Lipinski definition) is 3. The van der Waals surface area contributed by atoms with Crippen molar-refractivity contribution in [3.05, 3.63) is 0 Å². The van der Waals surface area contributed by atoms with Gasteiger partial charge in [-0.1, -0.05) is 12.2 Å². The number of piperidine rings is 1. The van der Waals surface area contributed by atoms with Gasteiger partial charge < -0.3 is 10.5 Å². The predicted octanol–water partition coefficient (Wildman–Crippen LogP) is 0.773. The lowest BCUT2D eigenvalue weighted by Gasteiger charge is -2.31. The molecule has 4 heteroatoms. The zero-order chi connectivity index (χ0) is 9.68. The van der Waals surface area contributed by atoms with Gasteiger partial charge in [0.2, 0.25) is 0 Å². The van der Waals surface area contributed by atoms with Crippen molar-refractivity contribution in [2.24, 2.45) is 5.73 Å². The monoisotopic (exact) mass is 202 g/mol. The Bertz CT molecular complexity index is 167. The molecule has 3 nitrogen and oxygen atoms in total. The third-order valence-corrected chi connectivity index (χ3v) is 2.45. The molecular weight excluding hydrogens is 184 g/mol. The van der Waals surface area contributed by atoms with Gasteiger partial charge >= 0.3 is 0 Å². The molecule has 1 aliphatic heterocycles. The molecule has 0 atom stereocenters. The third kappa shape index (κ3) is 4.02. The Labute approximate surface area is 85.2 Å². The summed E-state index contributed by atoms with van der Waals surface area (Å²) in [6, 6.07) is 0. The fourth-order valence-electron chi connectivity index (χ4n) is 1.69. The smallest absolute Gasteiger partial charge is 0.0870 e. The van der Waals surface area contributed by atoms with Crippen molar-refractivity contribution < 1.29 is 4.74 Å². The van der Waals surface area contributed by atoms with Crippen molar-refractivity contribution in [1.29, 1.82) is 0 Å². The summed E-state index contributed by atoms with van der Waals surface area (Å²) in [4.78, 5) is 2.88. The minimum atomic E-state index is 0.451. The minimum Gasteiger partial charge on any atom is -0.392 e. The first-order chi connectivity index (χ1) is 6.22. The van der Waals surface area contributed by atoms with Crippen LogP contribution in [-0.4, -0.2) is 42.2 Å². The van der Waals surface area contributed by atoms with Crippen LogP contribution in [0.25, 0.3) is 0 Å². The van der Waals surface area contributed by atoms with Crippen LogP contribution in [0.3, 0.4) is 0 Å². The first-order valence-electron chi connectivity index (χ1n) is 4.84. The van der Waals surface area contributed by atoms with Crippen LogP contribution in [0.1, 0.15) is 19.8 Å². The van der Waals surface area contributed by atoms with Gasteiger partial charge in [0.1, 0.15) is 0 Å². The van der Waals surface area contributed by atoms with Crippen LogP contribution in [0.2, 0.25) is 0 Å². The largest absolute Gasteiger partial charge is 0.392 e. The van der Waals surface area contributed by atoms with E-state index in [2.05, 4.69) is 4.90 Å². The molecule has 13 heavy (non-hydrogen) atoms. The molecule has 0 bridgehead atoms. The number of hydrogen-bond donors (Lipinski definition) is 1. The van der Waals surface area contributed by atoms with Crippen molar-refractivity contribution in [2.45, 2.75) is 25.9 Å². The van der Waals surface area contributed by atoms with Crippen LogP contribution in [-0.2, 0) is 4.74 Å². The van der Waals surface area contributed by atoms with E-state index in [0.717, 1.165) is 39.1 Å². The van der Waals surface area contributed by atoms with Gasteiger partial charge in [-0.25, -0.2) is 0 Å². The van der Waals surface area contributed by atoms with Crippen molar-refractivity contribution in [3.63, 3.8) is 0 Å². The lowest BCUT2D eigenvalue weighted by Crippen LogP contribution is -2.41. The van der Waals surface area contributed by atoms with E-state index >= 15 is 0 Å². The maximum atomic E-state index is 5.55. The Kier molecular flexibility index (Phi) is 4.62. The summed E-state index contributed by atoms with van der Waals surface area (Å²) in [5.41, 5.74) is 5.48. The summed E-state index contributed by atoms with van der Waals surface area (Å²) in [7, 11) is 0. The number of ether oxygens (including phenoxy) is 1. The molecule has 1 rings (SSSR count). The van der Waals surface area contributed by atoms with Crippen LogP contribution in [0.4, 0.5) is 0 Å². The fourth-order valence-corrected chi connectivity index (χ4v) is 1.87.